The normalized spacial score (nSPS) is 13.1. The number of nitrogens with zero attached hydrogens (tertiary/aromatic N) is 3. The summed E-state index contributed by atoms with van der Waals surface area (Å²) in [5, 5.41) is 26.0. The molecule has 0 saturated carbocycles. The lowest BCUT2D eigenvalue weighted by molar-refractivity contribution is 0.142. The molecule has 80 valence electrons. The van der Waals surface area contributed by atoms with Crippen molar-refractivity contribution in [2.24, 2.45) is 0 Å². The molecule has 14 heavy (non-hydrogen) atoms. The highest BCUT2D eigenvalue weighted by molar-refractivity contribution is 4.98. The summed E-state index contributed by atoms with van der Waals surface area (Å²) in [4.78, 5) is 0. The smallest absolute Gasteiger partial charge is 0.0973 e. The van der Waals surface area contributed by atoms with Gasteiger partial charge in [-0.2, -0.15) is 0 Å². The topological polar surface area (TPSA) is 71.2 Å². The number of aryl methyl sites for hydroxylation is 1. The molecule has 0 spiro atoms. The van der Waals surface area contributed by atoms with E-state index in [1.807, 2.05) is 6.92 Å². The lowest BCUT2D eigenvalue weighted by atomic mass is 10.1. The molecule has 1 rings (SSSR count). The molecule has 1 aromatic rings. The minimum absolute atomic E-state index is 0.104. The highest BCUT2D eigenvalue weighted by atomic mass is 16.3. The van der Waals surface area contributed by atoms with E-state index in [0.29, 0.717) is 12.8 Å². The van der Waals surface area contributed by atoms with E-state index in [1.54, 1.807) is 10.9 Å². The molecule has 0 aliphatic rings. The van der Waals surface area contributed by atoms with Gasteiger partial charge in [0.2, 0.25) is 0 Å². The largest absolute Gasteiger partial charge is 0.396 e. The van der Waals surface area contributed by atoms with Crippen LogP contribution in [0.15, 0.2) is 6.20 Å². The average molecular weight is 199 g/mol. The number of aromatic nitrogens is 3. The third-order valence-corrected chi connectivity index (χ3v) is 2.06. The zero-order valence-corrected chi connectivity index (χ0v) is 8.43. The Morgan fingerprint density at radius 1 is 1.57 bits per heavy atom. The number of hydrogen-bond acceptors (Lipinski definition) is 4. The first-order valence-electron chi connectivity index (χ1n) is 4.97. The summed E-state index contributed by atoms with van der Waals surface area (Å²) >= 11 is 0. The van der Waals surface area contributed by atoms with Crippen LogP contribution in [0.1, 0.15) is 38.0 Å². The highest BCUT2D eigenvalue weighted by Crippen LogP contribution is 2.16. The molecule has 1 atom stereocenters. The zero-order valence-electron chi connectivity index (χ0n) is 8.43. The van der Waals surface area contributed by atoms with Crippen molar-refractivity contribution in [3.05, 3.63) is 11.9 Å². The van der Waals surface area contributed by atoms with E-state index in [2.05, 4.69) is 10.3 Å². The Balaban J connectivity index is 2.58. The Bertz CT molecular complexity index is 262. The quantitative estimate of drug-likeness (QED) is 0.699. The van der Waals surface area contributed by atoms with Gasteiger partial charge in [-0.3, -0.25) is 0 Å². The van der Waals surface area contributed by atoms with Gasteiger partial charge >= 0.3 is 0 Å². The van der Waals surface area contributed by atoms with Gasteiger partial charge < -0.3 is 10.2 Å². The molecule has 1 aromatic heterocycles. The summed E-state index contributed by atoms with van der Waals surface area (Å²) in [5.41, 5.74) is 0.736. The van der Waals surface area contributed by atoms with Crippen molar-refractivity contribution >= 4 is 0 Å². The lowest BCUT2D eigenvalue weighted by Gasteiger charge is -2.10. The van der Waals surface area contributed by atoms with E-state index < -0.39 is 6.10 Å². The van der Waals surface area contributed by atoms with E-state index in [1.165, 1.54) is 0 Å². The molecule has 0 amide bonds. The van der Waals surface area contributed by atoms with Crippen LogP contribution in [0.4, 0.5) is 0 Å². The SMILES string of the molecule is CCCn1nncc1C(O)CCCO. The van der Waals surface area contributed by atoms with Gasteiger partial charge in [-0.25, -0.2) is 4.68 Å². The Morgan fingerprint density at radius 2 is 2.36 bits per heavy atom. The van der Waals surface area contributed by atoms with Crippen molar-refractivity contribution in [2.75, 3.05) is 6.61 Å². The van der Waals surface area contributed by atoms with Crippen LogP contribution < -0.4 is 0 Å². The van der Waals surface area contributed by atoms with Crippen LogP contribution >= 0.6 is 0 Å². The van der Waals surface area contributed by atoms with E-state index >= 15 is 0 Å². The maximum Gasteiger partial charge on any atom is 0.0973 e. The molecular weight excluding hydrogens is 182 g/mol. The molecular formula is C9H17N3O2. The molecule has 0 fully saturated rings. The molecule has 0 aromatic carbocycles. The lowest BCUT2D eigenvalue weighted by Crippen LogP contribution is -2.09. The van der Waals surface area contributed by atoms with Gasteiger partial charge in [0, 0.05) is 13.2 Å². The number of rotatable bonds is 6. The standard InChI is InChI=1S/C9H17N3O2/c1-2-5-12-8(7-10-11-12)9(14)4-3-6-13/h7,9,13-14H,2-6H2,1H3. The summed E-state index contributed by atoms with van der Waals surface area (Å²) in [6.07, 6.45) is 3.12. The maximum absolute atomic E-state index is 9.74. The number of hydrogen-bond donors (Lipinski definition) is 2. The van der Waals surface area contributed by atoms with E-state index in [-0.39, 0.29) is 6.61 Å². The second-order valence-electron chi connectivity index (χ2n) is 3.26. The van der Waals surface area contributed by atoms with Crippen LogP contribution in [0, 0.1) is 0 Å². The van der Waals surface area contributed by atoms with Crippen molar-refractivity contribution in [3.8, 4) is 0 Å². The Labute approximate surface area is 83.4 Å². The van der Waals surface area contributed by atoms with Crippen molar-refractivity contribution in [1.82, 2.24) is 15.0 Å². The summed E-state index contributed by atoms with van der Waals surface area (Å²) in [6.45, 7) is 2.92. The van der Waals surface area contributed by atoms with Gasteiger partial charge in [-0.1, -0.05) is 12.1 Å². The van der Waals surface area contributed by atoms with Crippen molar-refractivity contribution < 1.29 is 10.2 Å². The number of aliphatic hydroxyl groups excluding tert-OH is 2. The Morgan fingerprint density at radius 3 is 3.00 bits per heavy atom. The van der Waals surface area contributed by atoms with E-state index in [9.17, 15) is 5.11 Å². The van der Waals surface area contributed by atoms with Gasteiger partial charge in [0.05, 0.1) is 18.0 Å². The number of aliphatic hydroxyl groups is 2. The van der Waals surface area contributed by atoms with Crippen molar-refractivity contribution in [3.63, 3.8) is 0 Å². The van der Waals surface area contributed by atoms with Crippen LogP contribution in [-0.2, 0) is 6.54 Å². The third kappa shape index (κ3) is 2.78. The van der Waals surface area contributed by atoms with Crippen LogP contribution in [-0.4, -0.2) is 31.8 Å². The summed E-state index contributed by atoms with van der Waals surface area (Å²) in [7, 11) is 0. The minimum atomic E-state index is -0.566. The summed E-state index contributed by atoms with van der Waals surface area (Å²) < 4.78 is 1.71. The third-order valence-electron chi connectivity index (χ3n) is 2.06. The maximum atomic E-state index is 9.74. The van der Waals surface area contributed by atoms with E-state index in [4.69, 9.17) is 5.11 Å². The highest BCUT2D eigenvalue weighted by Gasteiger charge is 2.12. The predicted octanol–water partition coefficient (Wildman–Crippen LogP) is 0.494. The Kier molecular flexibility index (Phi) is 4.55. The molecule has 0 aliphatic carbocycles. The minimum Gasteiger partial charge on any atom is -0.396 e. The average Bonchev–Trinajstić information content (AvgIpc) is 2.63. The van der Waals surface area contributed by atoms with Crippen molar-refractivity contribution in [2.45, 2.75) is 38.8 Å². The fourth-order valence-corrected chi connectivity index (χ4v) is 1.34. The summed E-state index contributed by atoms with van der Waals surface area (Å²) in [6, 6.07) is 0. The molecule has 0 aliphatic heterocycles. The molecule has 5 heteroatoms. The summed E-state index contributed by atoms with van der Waals surface area (Å²) in [5.74, 6) is 0. The monoisotopic (exact) mass is 199 g/mol. The van der Waals surface area contributed by atoms with Gasteiger partial charge in [0.15, 0.2) is 0 Å². The molecule has 0 radical (unpaired) electrons. The van der Waals surface area contributed by atoms with Crippen molar-refractivity contribution in [1.29, 1.82) is 0 Å². The van der Waals surface area contributed by atoms with Crippen LogP contribution in [0.5, 0.6) is 0 Å². The molecule has 1 heterocycles. The van der Waals surface area contributed by atoms with Crippen LogP contribution in [0.25, 0.3) is 0 Å². The second-order valence-corrected chi connectivity index (χ2v) is 3.26. The fraction of sp³-hybridized carbons (Fsp3) is 0.778. The molecule has 0 bridgehead atoms. The molecule has 1 unspecified atom stereocenters. The van der Waals surface area contributed by atoms with Gasteiger partial charge in [0.25, 0.3) is 0 Å². The van der Waals surface area contributed by atoms with E-state index in [0.717, 1.165) is 18.7 Å². The predicted molar refractivity (Wildman–Crippen MR) is 51.6 cm³/mol. The molecule has 5 nitrogen and oxygen atoms in total. The molecule has 2 N–H and O–H groups in total. The van der Waals surface area contributed by atoms with Gasteiger partial charge in [-0.05, 0) is 19.3 Å². The van der Waals surface area contributed by atoms with Crippen LogP contribution in [0.3, 0.4) is 0 Å². The zero-order chi connectivity index (χ0) is 10.4. The first-order valence-corrected chi connectivity index (χ1v) is 4.97. The fourth-order valence-electron chi connectivity index (χ4n) is 1.34. The van der Waals surface area contributed by atoms with Gasteiger partial charge in [-0.15, -0.1) is 5.10 Å². The molecule has 0 saturated heterocycles. The second kappa shape index (κ2) is 5.72. The first kappa shape index (κ1) is 11.1. The van der Waals surface area contributed by atoms with Gasteiger partial charge in [0.1, 0.15) is 0 Å². The Hall–Kier alpha value is -0.940. The van der Waals surface area contributed by atoms with Crippen LogP contribution in [0.2, 0.25) is 0 Å². The first-order chi connectivity index (χ1) is 6.79.